The number of urea groups is 1. The van der Waals surface area contributed by atoms with Gasteiger partial charge in [-0.05, 0) is 67.4 Å². The third kappa shape index (κ3) is 7.50. The van der Waals surface area contributed by atoms with Crippen molar-refractivity contribution in [1.82, 2.24) is 23.8 Å². The van der Waals surface area contributed by atoms with Crippen molar-refractivity contribution in [1.29, 1.82) is 0 Å². The molecule has 0 aliphatic carbocycles. The molecular weight excluding hydrogens is 703 g/mol. The first-order valence-corrected chi connectivity index (χ1v) is 18.7. The zero-order valence-corrected chi connectivity index (χ0v) is 29.7. The molecule has 12 nitrogen and oxygen atoms in total. The molecule has 2 N–H and O–H groups in total. The summed E-state index contributed by atoms with van der Waals surface area (Å²) in [5, 5.41) is 2.83. The summed E-state index contributed by atoms with van der Waals surface area (Å²) in [6.07, 6.45) is 2.59. The fourth-order valence-electron chi connectivity index (χ4n) is 6.52. The van der Waals surface area contributed by atoms with Crippen molar-refractivity contribution in [3.8, 4) is 16.1 Å². The Morgan fingerprint density at radius 3 is 2.33 bits per heavy atom. The molecule has 51 heavy (non-hydrogen) atoms. The molecule has 0 saturated carbocycles. The Labute approximate surface area is 296 Å². The van der Waals surface area contributed by atoms with Crippen molar-refractivity contribution in [3.63, 3.8) is 0 Å². The quantitative estimate of drug-likeness (QED) is 0.187. The van der Waals surface area contributed by atoms with Gasteiger partial charge in [0.2, 0.25) is 10.0 Å². The summed E-state index contributed by atoms with van der Waals surface area (Å²) in [4.78, 5) is 48.2. The number of hydroxylamine groups is 1. The van der Waals surface area contributed by atoms with Gasteiger partial charge in [-0.15, -0.1) is 11.3 Å². The van der Waals surface area contributed by atoms with Gasteiger partial charge in [0, 0.05) is 41.8 Å². The molecule has 0 unspecified atom stereocenters. The van der Waals surface area contributed by atoms with Crippen LogP contribution < -0.4 is 22.0 Å². The molecule has 2 aromatic heterocycles. The Balaban J connectivity index is 1.56. The number of carbonyl (C=O) groups excluding carboxylic acids is 1. The van der Waals surface area contributed by atoms with Crippen LogP contribution in [0.4, 0.5) is 19.3 Å². The minimum atomic E-state index is -3.44. The van der Waals surface area contributed by atoms with Crippen molar-refractivity contribution in [2.45, 2.75) is 32.0 Å². The first kappa shape index (κ1) is 36.1. The number of hydrogen-bond donors (Lipinski definition) is 2. The SMILES string of the molecule is CONC(=O)Nc1ccc(-c2sc3c(c2CN(C)C[C@@H]2CCCN2S(C)(=O)=O)c(=O)n(-c2ccccc2)c(=O)n3Cc2c(F)cccc2F)cc1. The third-order valence-electron chi connectivity index (χ3n) is 8.76. The van der Waals surface area contributed by atoms with Gasteiger partial charge in [-0.1, -0.05) is 36.4 Å². The molecule has 5 aromatic rings. The van der Waals surface area contributed by atoms with Crippen LogP contribution in [-0.2, 0) is 28.0 Å². The Morgan fingerprint density at radius 1 is 1.00 bits per heavy atom. The van der Waals surface area contributed by atoms with Crippen LogP contribution in [0.2, 0.25) is 0 Å². The fourth-order valence-corrected chi connectivity index (χ4v) is 8.99. The Hall–Kier alpha value is -4.74. The number of carbonyl (C=O) groups is 1. The number of fused-ring (bicyclic) bond motifs is 1. The minimum Gasteiger partial charge on any atom is -0.306 e. The van der Waals surface area contributed by atoms with E-state index < -0.39 is 45.5 Å². The first-order valence-electron chi connectivity index (χ1n) is 16.0. The van der Waals surface area contributed by atoms with E-state index in [2.05, 4.69) is 15.6 Å². The summed E-state index contributed by atoms with van der Waals surface area (Å²) in [7, 11) is -0.305. The highest BCUT2D eigenvalue weighted by molar-refractivity contribution is 7.88. The zero-order chi connectivity index (χ0) is 36.4. The molecule has 1 atom stereocenters. The van der Waals surface area contributed by atoms with E-state index in [1.165, 1.54) is 28.3 Å². The Kier molecular flexibility index (Phi) is 10.5. The summed E-state index contributed by atoms with van der Waals surface area (Å²) < 4.78 is 58.9. The lowest BCUT2D eigenvalue weighted by Gasteiger charge is -2.27. The average Bonchev–Trinajstić information content (AvgIpc) is 3.70. The molecule has 1 saturated heterocycles. The lowest BCUT2D eigenvalue weighted by Crippen LogP contribution is -2.41. The third-order valence-corrected chi connectivity index (χ3v) is 11.4. The van der Waals surface area contributed by atoms with Crippen molar-refractivity contribution >= 4 is 43.3 Å². The number of anilines is 1. The molecule has 0 bridgehead atoms. The van der Waals surface area contributed by atoms with E-state index in [-0.39, 0.29) is 34.1 Å². The fraction of sp³-hybridized carbons (Fsp3) is 0.286. The van der Waals surface area contributed by atoms with E-state index in [0.29, 0.717) is 41.2 Å². The summed E-state index contributed by atoms with van der Waals surface area (Å²) in [6.45, 7) is 0.483. The minimum absolute atomic E-state index is 0.177. The maximum Gasteiger partial charge on any atom is 0.343 e. The second kappa shape index (κ2) is 14.9. The van der Waals surface area contributed by atoms with Crippen LogP contribution >= 0.6 is 11.3 Å². The molecule has 0 radical (unpaired) electrons. The number of aromatic nitrogens is 2. The van der Waals surface area contributed by atoms with Crippen LogP contribution in [0.25, 0.3) is 26.3 Å². The number of para-hydroxylation sites is 1. The van der Waals surface area contributed by atoms with Gasteiger partial charge in [0.05, 0.1) is 31.0 Å². The highest BCUT2D eigenvalue weighted by atomic mass is 32.2. The highest BCUT2D eigenvalue weighted by Crippen LogP contribution is 2.39. The average molecular weight is 739 g/mol. The smallest absolute Gasteiger partial charge is 0.306 e. The van der Waals surface area contributed by atoms with Crippen molar-refractivity contribution in [2.75, 3.05) is 38.8 Å². The van der Waals surface area contributed by atoms with Crippen molar-refractivity contribution < 1.29 is 26.8 Å². The summed E-state index contributed by atoms with van der Waals surface area (Å²) in [6, 6.07) is 17.7. The molecule has 268 valence electrons. The Morgan fingerprint density at radius 2 is 1.69 bits per heavy atom. The van der Waals surface area contributed by atoms with Gasteiger partial charge in [0.15, 0.2) is 0 Å². The van der Waals surface area contributed by atoms with E-state index in [4.69, 9.17) is 0 Å². The molecule has 3 heterocycles. The van der Waals surface area contributed by atoms with Gasteiger partial charge >= 0.3 is 11.7 Å². The first-order chi connectivity index (χ1) is 24.4. The van der Waals surface area contributed by atoms with Crippen molar-refractivity contribution in [3.05, 3.63) is 116 Å². The molecule has 0 spiro atoms. The van der Waals surface area contributed by atoms with Gasteiger partial charge in [-0.25, -0.2) is 36.8 Å². The lowest BCUT2D eigenvalue weighted by molar-refractivity contribution is 0.114. The van der Waals surface area contributed by atoms with E-state index >= 15 is 8.78 Å². The van der Waals surface area contributed by atoms with Crippen LogP contribution in [0, 0.1) is 11.6 Å². The number of likely N-dealkylation sites (N-methyl/N-ethyl adjacent to an activating group) is 1. The number of sulfonamides is 1. The maximum atomic E-state index is 15.1. The number of benzene rings is 3. The standard InChI is InChI=1S/C35H36F2N6O6S2/c1-40(19-25-11-8-18-42(25)51(3,47)48)20-27-30-32(44)43(24-9-5-4-6-10-24)35(46)41(21-26-28(36)12-7-13-29(26)37)33(30)50-31(27)22-14-16-23(17-15-22)38-34(45)39-49-2/h4-7,9-10,12-17,25H,8,11,18-21H2,1-3H3,(H2,38,39,45)/t25-/m0/s1. The number of nitrogens with one attached hydrogen (secondary N) is 2. The van der Waals surface area contributed by atoms with E-state index in [1.807, 2.05) is 11.9 Å². The van der Waals surface area contributed by atoms with E-state index in [1.54, 1.807) is 54.6 Å². The summed E-state index contributed by atoms with van der Waals surface area (Å²) >= 11 is 1.14. The predicted octanol–water partition coefficient (Wildman–Crippen LogP) is 4.75. The van der Waals surface area contributed by atoms with Crippen LogP contribution in [0.1, 0.15) is 24.0 Å². The molecule has 16 heteroatoms. The predicted molar refractivity (Wildman–Crippen MR) is 193 cm³/mol. The molecule has 1 fully saturated rings. The van der Waals surface area contributed by atoms with Crippen LogP contribution in [0.15, 0.2) is 82.4 Å². The number of hydrogen-bond acceptors (Lipinski definition) is 8. The topological polar surface area (TPSA) is 135 Å². The Bertz CT molecular complexity index is 2290. The summed E-state index contributed by atoms with van der Waals surface area (Å²) in [5.41, 5.74) is 2.40. The van der Waals surface area contributed by atoms with Crippen molar-refractivity contribution in [2.24, 2.45) is 0 Å². The molecule has 1 aliphatic heterocycles. The number of amides is 2. The highest BCUT2D eigenvalue weighted by Gasteiger charge is 2.33. The van der Waals surface area contributed by atoms with Crippen LogP contribution in [0.3, 0.4) is 0 Å². The molecule has 2 amide bonds. The van der Waals surface area contributed by atoms with Gasteiger partial charge < -0.3 is 10.2 Å². The monoisotopic (exact) mass is 738 g/mol. The zero-order valence-electron chi connectivity index (χ0n) is 28.1. The second-order valence-electron chi connectivity index (χ2n) is 12.3. The lowest BCUT2D eigenvalue weighted by atomic mass is 10.1. The summed E-state index contributed by atoms with van der Waals surface area (Å²) in [5.74, 6) is -1.67. The van der Waals surface area contributed by atoms with Gasteiger partial charge in [0.25, 0.3) is 5.56 Å². The van der Waals surface area contributed by atoms with Crippen LogP contribution in [0.5, 0.6) is 0 Å². The maximum absolute atomic E-state index is 15.1. The molecule has 3 aromatic carbocycles. The number of halogens is 2. The van der Waals surface area contributed by atoms with Gasteiger partial charge in [-0.3, -0.25) is 14.2 Å². The number of rotatable bonds is 11. The van der Waals surface area contributed by atoms with Crippen LogP contribution in [-0.4, -0.2) is 72.3 Å². The molecule has 6 rings (SSSR count). The molecular formula is C35H36F2N6O6S2. The second-order valence-corrected chi connectivity index (χ2v) is 15.3. The molecule has 1 aliphatic rings. The van der Waals surface area contributed by atoms with Gasteiger partial charge in [0.1, 0.15) is 16.5 Å². The number of nitrogens with zero attached hydrogens (tertiary/aromatic N) is 4. The van der Waals surface area contributed by atoms with E-state index in [9.17, 15) is 22.8 Å². The number of thiophene rings is 1. The normalized spacial score (nSPS) is 15.1. The largest absolute Gasteiger partial charge is 0.343 e. The van der Waals surface area contributed by atoms with E-state index in [0.717, 1.165) is 34.5 Å². The van der Waals surface area contributed by atoms with Gasteiger partial charge in [-0.2, -0.15) is 4.31 Å².